The highest BCUT2D eigenvalue weighted by molar-refractivity contribution is 6.07. The summed E-state index contributed by atoms with van der Waals surface area (Å²) in [5.74, 6) is -1.46. The van der Waals surface area contributed by atoms with Crippen molar-refractivity contribution in [2.24, 2.45) is 5.73 Å². The van der Waals surface area contributed by atoms with Crippen molar-refractivity contribution in [2.75, 3.05) is 0 Å². The Labute approximate surface area is 145 Å². The van der Waals surface area contributed by atoms with Gasteiger partial charge in [-0.1, -0.05) is 25.5 Å². The lowest BCUT2D eigenvalue weighted by Gasteiger charge is -2.37. The molecule has 0 saturated heterocycles. The van der Waals surface area contributed by atoms with Gasteiger partial charge in [-0.15, -0.1) is 0 Å². The van der Waals surface area contributed by atoms with Crippen LogP contribution >= 0.6 is 0 Å². The van der Waals surface area contributed by atoms with E-state index in [0.717, 1.165) is 42.3 Å². The van der Waals surface area contributed by atoms with Crippen molar-refractivity contribution in [1.29, 1.82) is 5.26 Å². The molecule has 6 nitrogen and oxygen atoms in total. The Morgan fingerprint density at radius 3 is 2.80 bits per heavy atom. The van der Waals surface area contributed by atoms with Gasteiger partial charge in [-0.25, -0.2) is 4.57 Å². The number of fused-ring (bicyclic) bond motifs is 3. The van der Waals surface area contributed by atoms with E-state index in [2.05, 4.69) is 6.19 Å². The summed E-state index contributed by atoms with van der Waals surface area (Å²) in [6, 6.07) is 5.26. The Bertz CT molecular complexity index is 907. The second-order valence-corrected chi connectivity index (χ2v) is 6.78. The van der Waals surface area contributed by atoms with E-state index in [1.54, 1.807) is 12.1 Å². The molecule has 0 radical (unpaired) electrons. The van der Waals surface area contributed by atoms with E-state index in [0.29, 0.717) is 17.5 Å². The van der Waals surface area contributed by atoms with Gasteiger partial charge < -0.3 is 10.8 Å². The van der Waals surface area contributed by atoms with Crippen LogP contribution in [0.25, 0.3) is 10.9 Å². The van der Waals surface area contributed by atoms with Crippen LogP contribution in [0.4, 0.5) is 0 Å². The molecular weight excluding hydrogens is 318 g/mol. The van der Waals surface area contributed by atoms with Crippen molar-refractivity contribution in [3.8, 4) is 6.19 Å². The van der Waals surface area contributed by atoms with Crippen molar-refractivity contribution in [3.05, 3.63) is 35.0 Å². The third kappa shape index (κ3) is 2.56. The quantitative estimate of drug-likeness (QED) is 0.872. The molecule has 1 atom stereocenters. The highest BCUT2D eigenvalue weighted by atomic mass is 16.4. The maximum absolute atomic E-state index is 11.9. The number of rotatable bonds is 5. The summed E-state index contributed by atoms with van der Waals surface area (Å²) in [6.07, 6.45) is 6.04. The molecule has 0 fully saturated rings. The van der Waals surface area contributed by atoms with Crippen LogP contribution in [0.2, 0.25) is 0 Å². The van der Waals surface area contributed by atoms with Crippen LogP contribution in [-0.4, -0.2) is 21.6 Å². The zero-order valence-electron chi connectivity index (χ0n) is 14.2. The van der Waals surface area contributed by atoms with Crippen LogP contribution in [0.1, 0.15) is 60.6 Å². The number of nitrogens with zero attached hydrogens (tertiary/aromatic N) is 2. The van der Waals surface area contributed by atoms with Crippen LogP contribution in [-0.2, 0) is 16.6 Å². The molecule has 1 aromatic carbocycles. The van der Waals surface area contributed by atoms with Gasteiger partial charge in [-0.3, -0.25) is 9.59 Å². The number of amides is 1. The fourth-order valence-corrected chi connectivity index (χ4v) is 4.51. The standard InChI is InChI=1S/C19H21N3O3/c1-2-8-19(10-15(23)24)9-4-7-13-12-5-3-6-14(18(21)25)16(12)22(11-20)17(13)19/h3,5-6H,2,4,7-10H2,1H3,(H2,21,25)(H,23,24)/t19-/m0/s1. The number of aryl methyl sites for hydroxylation is 1. The average Bonchev–Trinajstić information content (AvgIpc) is 2.89. The first-order valence-electron chi connectivity index (χ1n) is 8.53. The summed E-state index contributed by atoms with van der Waals surface area (Å²) in [7, 11) is 0. The van der Waals surface area contributed by atoms with Crippen molar-refractivity contribution < 1.29 is 14.7 Å². The number of nitrogens with two attached hydrogens (primary N) is 1. The molecule has 1 aliphatic rings. The SMILES string of the molecule is CCC[C@@]1(CC(=O)O)CCCc2c1n(C#N)c1c(C(N)=O)cccc21. The summed E-state index contributed by atoms with van der Waals surface area (Å²) in [5, 5.41) is 20.2. The third-order valence-corrected chi connectivity index (χ3v) is 5.26. The molecule has 0 aliphatic heterocycles. The minimum absolute atomic E-state index is 0.0161. The number of aliphatic carboxylic acids is 1. The highest BCUT2D eigenvalue weighted by Gasteiger charge is 2.42. The van der Waals surface area contributed by atoms with Gasteiger partial charge in [0.05, 0.1) is 17.5 Å². The second-order valence-electron chi connectivity index (χ2n) is 6.78. The van der Waals surface area contributed by atoms with Gasteiger partial charge in [-0.05, 0) is 37.3 Å². The first-order chi connectivity index (χ1) is 11.9. The van der Waals surface area contributed by atoms with Crippen molar-refractivity contribution in [2.45, 2.75) is 50.9 Å². The monoisotopic (exact) mass is 339 g/mol. The molecule has 0 bridgehead atoms. The number of para-hydroxylation sites is 1. The molecule has 130 valence electrons. The van der Waals surface area contributed by atoms with E-state index in [1.165, 1.54) is 4.57 Å². The predicted molar refractivity (Wildman–Crippen MR) is 93.2 cm³/mol. The smallest absolute Gasteiger partial charge is 0.304 e. The van der Waals surface area contributed by atoms with Gasteiger partial charge in [-0.2, -0.15) is 5.26 Å². The summed E-state index contributed by atoms with van der Waals surface area (Å²) in [5.41, 5.74) is 7.48. The van der Waals surface area contributed by atoms with Crippen molar-refractivity contribution in [1.82, 2.24) is 4.57 Å². The Morgan fingerprint density at radius 1 is 1.44 bits per heavy atom. The minimum atomic E-state index is -0.869. The zero-order valence-corrected chi connectivity index (χ0v) is 14.2. The lowest BCUT2D eigenvalue weighted by molar-refractivity contribution is -0.138. The number of primary amides is 1. The normalized spacial score (nSPS) is 19.4. The maximum Gasteiger partial charge on any atom is 0.304 e. The molecule has 0 spiro atoms. The molecular formula is C19H21N3O3. The molecule has 1 aromatic heterocycles. The zero-order chi connectivity index (χ0) is 18.2. The topological polar surface area (TPSA) is 109 Å². The predicted octanol–water partition coefficient (Wildman–Crippen LogP) is 2.92. The number of hydrogen-bond donors (Lipinski definition) is 2. The van der Waals surface area contributed by atoms with Gasteiger partial charge in [0.15, 0.2) is 6.19 Å². The lowest BCUT2D eigenvalue weighted by Crippen LogP contribution is -2.35. The number of nitriles is 1. The molecule has 3 N–H and O–H groups in total. The third-order valence-electron chi connectivity index (χ3n) is 5.26. The molecule has 1 amide bonds. The number of hydrogen-bond acceptors (Lipinski definition) is 3. The number of aromatic nitrogens is 1. The number of carboxylic acids is 1. The van der Waals surface area contributed by atoms with Crippen molar-refractivity contribution >= 4 is 22.8 Å². The van der Waals surface area contributed by atoms with Crippen LogP contribution in [0.3, 0.4) is 0 Å². The van der Waals surface area contributed by atoms with Gasteiger partial charge >= 0.3 is 5.97 Å². The fraction of sp³-hybridized carbons (Fsp3) is 0.421. The van der Waals surface area contributed by atoms with Gasteiger partial charge in [0.1, 0.15) is 0 Å². The summed E-state index contributed by atoms with van der Waals surface area (Å²) in [4.78, 5) is 23.4. The van der Waals surface area contributed by atoms with Gasteiger partial charge in [0.2, 0.25) is 0 Å². The minimum Gasteiger partial charge on any atom is -0.481 e. The summed E-state index contributed by atoms with van der Waals surface area (Å²) in [6.45, 7) is 2.02. The van der Waals surface area contributed by atoms with Crippen LogP contribution < -0.4 is 5.73 Å². The van der Waals surface area contributed by atoms with Crippen molar-refractivity contribution in [3.63, 3.8) is 0 Å². The van der Waals surface area contributed by atoms with E-state index in [9.17, 15) is 20.0 Å². The number of carbonyl (C=O) groups excluding carboxylic acids is 1. The van der Waals surface area contributed by atoms with Gasteiger partial charge in [0.25, 0.3) is 5.91 Å². The molecule has 25 heavy (non-hydrogen) atoms. The largest absolute Gasteiger partial charge is 0.481 e. The van der Waals surface area contributed by atoms with Crippen LogP contribution in [0.15, 0.2) is 18.2 Å². The van der Waals surface area contributed by atoms with Crippen LogP contribution in [0.5, 0.6) is 0 Å². The molecule has 6 heteroatoms. The van der Waals surface area contributed by atoms with E-state index in [4.69, 9.17) is 5.73 Å². The molecule has 0 unspecified atom stereocenters. The molecule has 3 rings (SSSR count). The highest BCUT2D eigenvalue weighted by Crippen LogP contribution is 2.47. The first-order valence-corrected chi connectivity index (χ1v) is 8.53. The van der Waals surface area contributed by atoms with Gasteiger partial charge in [0, 0.05) is 16.5 Å². The fourth-order valence-electron chi connectivity index (χ4n) is 4.51. The molecule has 1 aliphatic carbocycles. The lowest BCUT2D eigenvalue weighted by atomic mass is 9.68. The number of carboxylic acid groups (broad SMARTS) is 1. The van der Waals surface area contributed by atoms with E-state index < -0.39 is 17.3 Å². The maximum atomic E-state index is 11.9. The number of benzene rings is 1. The number of carbonyl (C=O) groups is 2. The Balaban J connectivity index is 2.41. The van der Waals surface area contributed by atoms with E-state index in [-0.39, 0.29) is 6.42 Å². The summed E-state index contributed by atoms with van der Waals surface area (Å²) < 4.78 is 1.46. The molecule has 1 heterocycles. The Morgan fingerprint density at radius 2 is 2.20 bits per heavy atom. The molecule has 2 aromatic rings. The Hall–Kier alpha value is -2.81. The summed E-state index contributed by atoms with van der Waals surface area (Å²) >= 11 is 0. The van der Waals surface area contributed by atoms with Crippen LogP contribution in [0, 0.1) is 11.5 Å². The molecule has 0 saturated carbocycles. The average molecular weight is 339 g/mol. The van der Waals surface area contributed by atoms with E-state index >= 15 is 0 Å². The first kappa shape index (κ1) is 17.0. The Kier molecular flexibility index (Phi) is 4.25. The van der Waals surface area contributed by atoms with E-state index in [1.807, 2.05) is 13.0 Å². The second kappa shape index (κ2) is 6.25.